The third-order valence-electron chi connectivity index (χ3n) is 1.94. The molecule has 0 saturated carbocycles. The lowest BCUT2D eigenvalue weighted by atomic mass is 10.1. The molecule has 66 valence electrons. The lowest BCUT2D eigenvalue weighted by Crippen LogP contribution is -2.06. The Kier molecular flexibility index (Phi) is 1.96. The normalized spacial score (nSPS) is 10.6. The van der Waals surface area contributed by atoms with E-state index in [-0.39, 0.29) is 5.56 Å². The second-order valence-corrected chi connectivity index (χ2v) is 3.93. The molecule has 13 heavy (non-hydrogen) atoms. The number of aromatic nitrogens is 1. The van der Waals surface area contributed by atoms with Gasteiger partial charge >= 0.3 is 0 Å². The average molecular weight is 238 g/mol. The Bertz CT molecular complexity index is 516. The van der Waals surface area contributed by atoms with Crippen molar-refractivity contribution in [2.75, 3.05) is 0 Å². The van der Waals surface area contributed by atoms with Gasteiger partial charge < -0.3 is 4.98 Å². The molecule has 0 bridgehead atoms. The van der Waals surface area contributed by atoms with Gasteiger partial charge in [-0.3, -0.25) is 4.79 Å². The Hall–Kier alpha value is -1.09. The van der Waals surface area contributed by atoms with Crippen molar-refractivity contribution in [2.45, 2.75) is 6.92 Å². The van der Waals surface area contributed by atoms with E-state index in [4.69, 9.17) is 0 Å². The van der Waals surface area contributed by atoms with Crippen molar-refractivity contribution in [1.82, 2.24) is 4.98 Å². The van der Waals surface area contributed by atoms with Gasteiger partial charge in [-0.1, -0.05) is 22.0 Å². The van der Waals surface area contributed by atoms with Gasteiger partial charge in [-0.25, -0.2) is 0 Å². The number of halogens is 1. The summed E-state index contributed by atoms with van der Waals surface area (Å²) in [5.74, 6) is 0. The highest BCUT2D eigenvalue weighted by molar-refractivity contribution is 9.10. The quantitative estimate of drug-likeness (QED) is 0.751. The minimum absolute atomic E-state index is 0.0312. The van der Waals surface area contributed by atoms with Crippen molar-refractivity contribution in [2.24, 2.45) is 0 Å². The topological polar surface area (TPSA) is 32.9 Å². The zero-order valence-electron chi connectivity index (χ0n) is 7.10. The maximum Gasteiger partial charge on any atom is 0.256 e. The Balaban J connectivity index is 2.95. The number of aromatic amines is 1. The molecule has 0 unspecified atom stereocenters. The van der Waals surface area contributed by atoms with E-state index in [0.717, 1.165) is 20.9 Å². The van der Waals surface area contributed by atoms with E-state index in [0.29, 0.717) is 0 Å². The predicted molar refractivity (Wildman–Crippen MR) is 57.0 cm³/mol. The highest BCUT2D eigenvalue weighted by Crippen LogP contribution is 2.16. The van der Waals surface area contributed by atoms with E-state index < -0.39 is 0 Å². The fourth-order valence-electron chi connectivity index (χ4n) is 1.37. The Morgan fingerprint density at radius 2 is 2.08 bits per heavy atom. The number of hydrogen-bond donors (Lipinski definition) is 1. The molecule has 3 heteroatoms. The molecule has 0 spiro atoms. The minimum atomic E-state index is -0.0312. The minimum Gasteiger partial charge on any atom is -0.326 e. The molecular formula is C10H8BrNO. The Labute approximate surface area is 83.7 Å². The van der Waals surface area contributed by atoms with Crippen LogP contribution in [0.1, 0.15) is 5.69 Å². The first-order valence-electron chi connectivity index (χ1n) is 3.96. The van der Waals surface area contributed by atoms with Gasteiger partial charge in [-0.05, 0) is 30.5 Å². The lowest BCUT2D eigenvalue weighted by Gasteiger charge is -1.98. The molecule has 0 aliphatic rings. The van der Waals surface area contributed by atoms with Gasteiger partial charge in [0.05, 0.1) is 0 Å². The first kappa shape index (κ1) is 8.51. The molecule has 0 aliphatic carbocycles. The van der Waals surface area contributed by atoms with Crippen LogP contribution in [0.4, 0.5) is 0 Å². The molecule has 0 saturated heterocycles. The van der Waals surface area contributed by atoms with E-state index in [1.165, 1.54) is 0 Å². The molecule has 0 fully saturated rings. The van der Waals surface area contributed by atoms with Gasteiger partial charge in [0, 0.05) is 15.6 Å². The van der Waals surface area contributed by atoms with Crippen LogP contribution in [0.2, 0.25) is 0 Å². The smallest absolute Gasteiger partial charge is 0.256 e. The lowest BCUT2D eigenvalue weighted by molar-refractivity contribution is 1.17. The summed E-state index contributed by atoms with van der Waals surface area (Å²) in [6, 6.07) is 7.65. The molecule has 0 amide bonds. The number of aryl methyl sites for hydroxylation is 1. The SMILES string of the molecule is Cc1cc2ccc(Br)cc2c(=O)[nH]1. The molecule has 2 aromatic rings. The van der Waals surface area contributed by atoms with Crippen molar-refractivity contribution in [3.8, 4) is 0 Å². The predicted octanol–water partition coefficient (Wildman–Crippen LogP) is 2.60. The highest BCUT2D eigenvalue weighted by atomic mass is 79.9. The third kappa shape index (κ3) is 1.52. The summed E-state index contributed by atoms with van der Waals surface area (Å²) in [5, 5.41) is 1.70. The fraction of sp³-hybridized carbons (Fsp3) is 0.100. The van der Waals surface area contributed by atoms with Gasteiger partial charge in [-0.2, -0.15) is 0 Å². The van der Waals surface area contributed by atoms with Gasteiger partial charge in [0.1, 0.15) is 0 Å². The molecular weight excluding hydrogens is 230 g/mol. The number of benzene rings is 1. The first-order valence-corrected chi connectivity index (χ1v) is 4.75. The summed E-state index contributed by atoms with van der Waals surface area (Å²) in [5.41, 5.74) is 0.858. The van der Waals surface area contributed by atoms with Gasteiger partial charge in [0.25, 0.3) is 5.56 Å². The first-order chi connectivity index (χ1) is 6.16. The average Bonchev–Trinajstić information content (AvgIpc) is 2.06. The molecule has 1 aromatic carbocycles. The standard InChI is InChI=1S/C10H8BrNO/c1-6-4-7-2-3-8(11)5-9(7)10(13)12-6/h2-5H,1H3,(H,12,13). The second-order valence-electron chi connectivity index (χ2n) is 3.01. The van der Waals surface area contributed by atoms with Crippen LogP contribution in [0, 0.1) is 6.92 Å². The highest BCUT2D eigenvalue weighted by Gasteiger charge is 1.99. The number of hydrogen-bond acceptors (Lipinski definition) is 1. The van der Waals surface area contributed by atoms with Crippen molar-refractivity contribution in [3.05, 3.63) is 44.8 Å². The molecule has 2 nitrogen and oxygen atoms in total. The van der Waals surface area contributed by atoms with Crippen LogP contribution in [-0.4, -0.2) is 4.98 Å². The van der Waals surface area contributed by atoms with Crippen LogP contribution in [0.25, 0.3) is 10.8 Å². The Morgan fingerprint density at radius 3 is 2.85 bits per heavy atom. The van der Waals surface area contributed by atoms with E-state index in [1.807, 2.05) is 31.2 Å². The molecule has 0 radical (unpaired) electrons. The van der Waals surface area contributed by atoms with Crippen molar-refractivity contribution >= 4 is 26.7 Å². The number of fused-ring (bicyclic) bond motifs is 1. The maximum absolute atomic E-state index is 11.5. The molecule has 1 aromatic heterocycles. The molecule has 2 rings (SSSR count). The largest absolute Gasteiger partial charge is 0.326 e. The van der Waals surface area contributed by atoms with E-state index in [2.05, 4.69) is 20.9 Å². The molecule has 1 heterocycles. The van der Waals surface area contributed by atoms with E-state index in [1.54, 1.807) is 0 Å². The van der Waals surface area contributed by atoms with Crippen molar-refractivity contribution in [1.29, 1.82) is 0 Å². The van der Waals surface area contributed by atoms with E-state index in [9.17, 15) is 4.79 Å². The molecule has 0 atom stereocenters. The van der Waals surface area contributed by atoms with Gasteiger partial charge in [-0.15, -0.1) is 0 Å². The van der Waals surface area contributed by atoms with Crippen molar-refractivity contribution < 1.29 is 0 Å². The van der Waals surface area contributed by atoms with Gasteiger partial charge in [0.15, 0.2) is 0 Å². The van der Waals surface area contributed by atoms with Gasteiger partial charge in [0.2, 0.25) is 0 Å². The maximum atomic E-state index is 11.5. The van der Waals surface area contributed by atoms with Crippen LogP contribution >= 0.6 is 15.9 Å². The zero-order chi connectivity index (χ0) is 9.42. The monoisotopic (exact) mass is 237 g/mol. The van der Waals surface area contributed by atoms with Crippen LogP contribution in [0.5, 0.6) is 0 Å². The summed E-state index contributed by atoms with van der Waals surface area (Å²) in [7, 11) is 0. The van der Waals surface area contributed by atoms with Crippen molar-refractivity contribution in [3.63, 3.8) is 0 Å². The van der Waals surface area contributed by atoms with E-state index >= 15 is 0 Å². The second kappa shape index (κ2) is 3.00. The summed E-state index contributed by atoms with van der Waals surface area (Å²) < 4.78 is 0.925. The number of rotatable bonds is 0. The number of nitrogens with one attached hydrogen (secondary N) is 1. The third-order valence-corrected chi connectivity index (χ3v) is 2.44. The number of H-pyrrole nitrogens is 1. The van der Waals surface area contributed by atoms with Crippen LogP contribution in [0.15, 0.2) is 33.5 Å². The summed E-state index contributed by atoms with van der Waals surface area (Å²) in [6.07, 6.45) is 0. The summed E-state index contributed by atoms with van der Waals surface area (Å²) >= 11 is 3.33. The van der Waals surface area contributed by atoms with Crippen LogP contribution in [-0.2, 0) is 0 Å². The molecule has 1 N–H and O–H groups in total. The van der Waals surface area contributed by atoms with Crippen LogP contribution < -0.4 is 5.56 Å². The Morgan fingerprint density at radius 1 is 1.31 bits per heavy atom. The number of pyridine rings is 1. The summed E-state index contributed by atoms with van der Waals surface area (Å²) in [6.45, 7) is 1.88. The summed E-state index contributed by atoms with van der Waals surface area (Å²) in [4.78, 5) is 14.2. The van der Waals surface area contributed by atoms with Crippen LogP contribution in [0.3, 0.4) is 0 Å². The molecule has 0 aliphatic heterocycles. The zero-order valence-corrected chi connectivity index (χ0v) is 8.68. The fourth-order valence-corrected chi connectivity index (χ4v) is 1.73.